The predicted octanol–water partition coefficient (Wildman–Crippen LogP) is 8.67. The van der Waals surface area contributed by atoms with Gasteiger partial charge in [0.1, 0.15) is 16.9 Å². The maximum atomic E-state index is 6.32. The van der Waals surface area contributed by atoms with Crippen LogP contribution in [-0.2, 0) is 5.41 Å². The zero-order chi connectivity index (χ0) is 22.7. The minimum atomic E-state index is 0.0118. The lowest BCUT2D eigenvalue weighted by Gasteiger charge is -2.22. The Balaban J connectivity index is 1.59. The highest BCUT2D eigenvalue weighted by molar-refractivity contribution is 6.00. The van der Waals surface area contributed by atoms with Gasteiger partial charge in [-0.1, -0.05) is 57.2 Å². The number of aromatic nitrogens is 1. The highest BCUT2D eigenvalue weighted by Crippen LogP contribution is 2.39. The summed E-state index contributed by atoms with van der Waals surface area (Å²) < 4.78 is 12.2. The molecule has 0 aliphatic carbocycles. The number of fused-ring (bicyclic) bond motifs is 3. The molecule has 0 atom stereocenters. The van der Waals surface area contributed by atoms with E-state index in [0.29, 0.717) is 0 Å². The molecule has 3 heterocycles. The quantitative estimate of drug-likeness (QED) is 0.275. The summed E-state index contributed by atoms with van der Waals surface area (Å²) in [4.78, 5) is 4.80. The molecule has 0 saturated heterocycles. The Morgan fingerprint density at radius 3 is 2.48 bits per heavy atom. The van der Waals surface area contributed by atoms with Crippen LogP contribution < -0.4 is 0 Å². The molecule has 0 bridgehead atoms. The van der Waals surface area contributed by atoms with Gasteiger partial charge in [0.15, 0.2) is 0 Å². The van der Waals surface area contributed by atoms with Crippen LogP contribution in [0, 0.1) is 6.92 Å². The molecule has 6 aromatic rings. The Morgan fingerprint density at radius 1 is 0.818 bits per heavy atom. The number of para-hydroxylation sites is 1. The minimum absolute atomic E-state index is 0.0118. The van der Waals surface area contributed by atoms with Crippen LogP contribution in [0.15, 0.2) is 88.0 Å². The molecule has 3 nitrogen and oxygen atoms in total. The second-order valence-electron chi connectivity index (χ2n) is 9.78. The van der Waals surface area contributed by atoms with Crippen LogP contribution in [0.1, 0.15) is 31.9 Å². The van der Waals surface area contributed by atoms with E-state index in [0.717, 1.165) is 50.1 Å². The molecule has 0 saturated carbocycles. The number of hydrogen-bond acceptors (Lipinski definition) is 3. The van der Waals surface area contributed by atoms with Gasteiger partial charge in [0, 0.05) is 22.5 Å². The molecule has 0 unspecified atom stereocenters. The van der Waals surface area contributed by atoms with Gasteiger partial charge < -0.3 is 8.83 Å². The van der Waals surface area contributed by atoms with Crippen molar-refractivity contribution in [2.75, 3.05) is 0 Å². The lowest BCUT2D eigenvalue weighted by molar-refractivity contribution is 0.596. The van der Waals surface area contributed by atoms with E-state index in [1.807, 2.05) is 24.4 Å². The average Bonchev–Trinajstić information content (AvgIpc) is 3.41. The largest absolute Gasteiger partial charge is 0.463 e. The van der Waals surface area contributed by atoms with Gasteiger partial charge in [-0.15, -0.1) is 0 Å². The Labute approximate surface area is 192 Å². The van der Waals surface area contributed by atoms with Gasteiger partial charge >= 0.3 is 0 Å². The van der Waals surface area contributed by atoms with Gasteiger partial charge in [0.2, 0.25) is 0 Å². The molecule has 0 aliphatic heterocycles. The first-order valence-corrected chi connectivity index (χ1v) is 11.3. The summed E-state index contributed by atoms with van der Waals surface area (Å²) in [5.41, 5.74) is 7.11. The molecular weight excluding hydrogens is 406 g/mol. The lowest BCUT2D eigenvalue weighted by atomic mass is 9.82. The first-order valence-electron chi connectivity index (χ1n) is 11.3. The van der Waals surface area contributed by atoms with Crippen molar-refractivity contribution in [3.63, 3.8) is 0 Å². The summed E-state index contributed by atoms with van der Waals surface area (Å²) in [5, 5.41) is 4.62. The van der Waals surface area contributed by atoms with Crippen LogP contribution in [0.25, 0.3) is 55.3 Å². The number of benzene rings is 3. The summed E-state index contributed by atoms with van der Waals surface area (Å²) >= 11 is 0. The summed E-state index contributed by atoms with van der Waals surface area (Å²) in [7, 11) is 0. The highest BCUT2D eigenvalue weighted by Gasteiger charge is 2.20. The van der Waals surface area contributed by atoms with Crippen LogP contribution in [0.5, 0.6) is 0 Å². The van der Waals surface area contributed by atoms with Crippen molar-refractivity contribution in [1.29, 1.82) is 0 Å². The van der Waals surface area contributed by atoms with Crippen molar-refractivity contribution in [2.24, 2.45) is 0 Å². The zero-order valence-corrected chi connectivity index (χ0v) is 19.3. The molecule has 0 aliphatic rings. The average molecular weight is 432 g/mol. The fourth-order valence-corrected chi connectivity index (χ4v) is 4.77. The maximum absolute atomic E-state index is 6.32. The second-order valence-corrected chi connectivity index (χ2v) is 9.78. The van der Waals surface area contributed by atoms with Crippen molar-refractivity contribution in [3.05, 3.63) is 90.3 Å². The minimum Gasteiger partial charge on any atom is -0.463 e. The van der Waals surface area contributed by atoms with Crippen LogP contribution in [0.3, 0.4) is 0 Å². The number of rotatable bonds is 2. The molecule has 0 radical (unpaired) electrons. The van der Waals surface area contributed by atoms with Gasteiger partial charge in [-0.05, 0) is 64.6 Å². The van der Waals surface area contributed by atoms with E-state index in [4.69, 9.17) is 13.8 Å². The maximum Gasteiger partial charge on any atom is 0.145 e. The number of aryl methyl sites for hydroxylation is 1. The molecule has 33 heavy (non-hydrogen) atoms. The molecule has 3 aromatic carbocycles. The smallest absolute Gasteiger partial charge is 0.145 e. The van der Waals surface area contributed by atoms with Crippen LogP contribution >= 0.6 is 0 Å². The lowest BCUT2D eigenvalue weighted by Crippen LogP contribution is -2.12. The monoisotopic (exact) mass is 431 g/mol. The Kier molecular flexibility index (Phi) is 4.25. The third-order valence-electron chi connectivity index (χ3n) is 6.45. The number of nitrogens with zero attached hydrogens (tertiary/aromatic N) is 1. The number of furan rings is 2. The molecule has 0 amide bonds. The van der Waals surface area contributed by atoms with Crippen molar-refractivity contribution >= 4 is 32.7 Å². The molecule has 0 N–H and O–H groups in total. The second kappa shape index (κ2) is 7.08. The van der Waals surface area contributed by atoms with Gasteiger partial charge in [-0.2, -0.15) is 0 Å². The molecule has 162 valence electrons. The Hall–Kier alpha value is -3.85. The summed E-state index contributed by atoms with van der Waals surface area (Å²) in [6.45, 7) is 8.83. The van der Waals surface area contributed by atoms with E-state index in [2.05, 4.69) is 76.2 Å². The standard InChI is InChI=1S/C30H25NO2/c1-18-17-32-29-21(18)10-7-11-23(29)27-16-24-26(33-27)12-13-31-28(24)20-14-19-8-5-6-9-22(19)25(15-20)30(2,3)4/h5-17H,1-4H3. The van der Waals surface area contributed by atoms with Crippen molar-refractivity contribution in [1.82, 2.24) is 4.98 Å². The van der Waals surface area contributed by atoms with E-state index < -0.39 is 0 Å². The van der Waals surface area contributed by atoms with E-state index >= 15 is 0 Å². The first kappa shape index (κ1) is 19.8. The zero-order valence-electron chi connectivity index (χ0n) is 19.3. The Morgan fingerprint density at radius 2 is 1.64 bits per heavy atom. The normalized spacial score (nSPS) is 12.2. The van der Waals surface area contributed by atoms with Crippen molar-refractivity contribution < 1.29 is 8.83 Å². The van der Waals surface area contributed by atoms with E-state index in [-0.39, 0.29) is 5.41 Å². The number of pyridine rings is 1. The molecular formula is C30H25NO2. The van der Waals surface area contributed by atoms with Crippen molar-refractivity contribution in [3.8, 4) is 22.6 Å². The predicted molar refractivity (Wildman–Crippen MR) is 136 cm³/mol. The van der Waals surface area contributed by atoms with Gasteiger partial charge in [-0.3, -0.25) is 4.98 Å². The summed E-state index contributed by atoms with van der Waals surface area (Å²) in [6, 6.07) is 23.3. The fraction of sp³-hybridized carbons (Fsp3) is 0.167. The van der Waals surface area contributed by atoms with E-state index in [1.54, 1.807) is 6.26 Å². The van der Waals surface area contributed by atoms with Gasteiger partial charge in [0.25, 0.3) is 0 Å². The van der Waals surface area contributed by atoms with Crippen molar-refractivity contribution in [2.45, 2.75) is 33.1 Å². The van der Waals surface area contributed by atoms with Crippen LogP contribution in [0.2, 0.25) is 0 Å². The molecule has 0 fully saturated rings. The molecule has 3 aromatic heterocycles. The third-order valence-corrected chi connectivity index (χ3v) is 6.45. The molecule has 6 rings (SSSR count). The topological polar surface area (TPSA) is 39.2 Å². The van der Waals surface area contributed by atoms with Crippen LogP contribution in [0.4, 0.5) is 0 Å². The Bertz CT molecular complexity index is 1660. The van der Waals surface area contributed by atoms with Gasteiger partial charge in [-0.25, -0.2) is 0 Å². The molecule has 0 spiro atoms. The number of hydrogen-bond donors (Lipinski definition) is 0. The summed E-state index contributed by atoms with van der Waals surface area (Å²) in [6.07, 6.45) is 3.63. The highest BCUT2D eigenvalue weighted by atomic mass is 16.3. The SMILES string of the molecule is Cc1coc2c(-c3cc4c(-c5cc(C(C)(C)C)c6ccccc6c5)nccc4o3)cccc12. The van der Waals surface area contributed by atoms with Crippen LogP contribution in [-0.4, -0.2) is 4.98 Å². The van der Waals surface area contributed by atoms with E-state index in [9.17, 15) is 0 Å². The summed E-state index contributed by atoms with van der Waals surface area (Å²) in [5.74, 6) is 0.788. The molecule has 3 heteroatoms. The third kappa shape index (κ3) is 3.15. The fourth-order valence-electron chi connectivity index (χ4n) is 4.77. The van der Waals surface area contributed by atoms with Gasteiger partial charge in [0.05, 0.1) is 17.5 Å². The first-order chi connectivity index (χ1) is 15.9. The van der Waals surface area contributed by atoms with E-state index in [1.165, 1.54) is 16.3 Å².